The summed E-state index contributed by atoms with van der Waals surface area (Å²) in [5, 5.41) is 0. The number of nitrogens with zero attached hydrogens (tertiary/aromatic N) is 2. The van der Waals surface area contributed by atoms with Crippen molar-refractivity contribution in [3.63, 3.8) is 0 Å². The van der Waals surface area contributed by atoms with Gasteiger partial charge in [-0.1, -0.05) is 29.4 Å². The number of amides is 2. The molecule has 4 atom stereocenters. The van der Waals surface area contributed by atoms with Gasteiger partial charge in [0, 0.05) is 24.2 Å². The highest BCUT2D eigenvalue weighted by Gasteiger charge is 2.61. The van der Waals surface area contributed by atoms with Gasteiger partial charge in [-0.3, -0.25) is 19.5 Å². The molecule has 2 amide bonds. The number of pyridine rings is 1. The summed E-state index contributed by atoms with van der Waals surface area (Å²) in [6.45, 7) is 4.49. The maximum atomic E-state index is 12.8. The standard InChI is InChI=1S/C18H18N2O2/c1-10(2)14-12-5-6-13(14)16-15(12)17(21)20(18(16)22)9-11-4-3-7-19-8-11/h3-8,12-13,15-16H,9H2,1-2H3/t12-,13-,15+,16+/m1/s1. The van der Waals surface area contributed by atoms with Crippen LogP contribution in [0.5, 0.6) is 0 Å². The molecule has 1 saturated heterocycles. The SMILES string of the molecule is CC(C)=C1[C@H]2C=C[C@H]1[C@@H]1C(=O)N(Cc3cccnc3)C(=O)[C@H]12. The minimum Gasteiger partial charge on any atom is -0.277 e. The second-order valence-corrected chi connectivity index (χ2v) is 6.57. The number of hydrogen-bond donors (Lipinski definition) is 0. The fourth-order valence-electron chi connectivity index (χ4n) is 4.32. The average molecular weight is 294 g/mol. The Morgan fingerprint density at radius 3 is 2.27 bits per heavy atom. The molecule has 0 radical (unpaired) electrons. The lowest BCUT2D eigenvalue weighted by atomic mass is 9.85. The molecule has 0 aromatic carbocycles. The van der Waals surface area contributed by atoms with E-state index in [-0.39, 0.29) is 35.5 Å². The van der Waals surface area contributed by atoms with Crippen molar-refractivity contribution in [3.05, 3.63) is 53.4 Å². The summed E-state index contributed by atoms with van der Waals surface area (Å²) in [7, 11) is 0. The molecule has 4 rings (SSSR count). The van der Waals surface area contributed by atoms with E-state index in [4.69, 9.17) is 0 Å². The molecule has 0 N–H and O–H groups in total. The number of carbonyl (C=O) groups excluding carboxylic acids is 2. The molecule has 2 fully saturated rings. The van der Waals surface area contributed by atoms with Gasteiger partial charge < -0.3 is 0 Å². The first kappa shape index (κ1) is 13.4. The molecule has 0 unspecified atom stereocenters. The van der Waals surface area contributed by atoms with Crippen molar-refractivity contribution in [3.8, 4) is 0 Å². The molecule has 4 heteroatoms. The lowest BCUT2D eigenvalue weighted by Crippen LogP contribution is -2.32. The molecule has 2 aliphatic carbocycles. The van der Waals surface area contributed by atoms with Gasteiger partial charge in [-0.05, 0) is 25.5 Å². The molecule has 3 aliphatic rings. The highest BCUT2D eigenvalue weighted by Crippen LogP contribution is 2.56. The Hall–Kier alpha value is -2.23. The van der Waals surface area contributed by atoms with Gasteiger partial charge in [0.15, 0.2) is 0 Å². The Morgan fingerprint density at radius 1 is 1.14 bits per heavy atom. The van der Waals surface area contributed by atoms with Crippen LogP contribution in [0.1, 0.15) is 19.4 Å². The smallest absolute Gasteiger partial charge is 0.234 e. The monoisotopic (exact) mass is 294 g/mol. The zero-order chi connectivity index (χ0) is 15.4. The summed E-state index contributed by atoms with van der Waals surface area (Å²) in [6, 6.07) is 3.73. The Bertz CT molecular complexity index is 682. The van der Waals surface area contributed by atoms with E-state index in [1.807, 2.05) is 12.1 Å². The van der Waals surface area contributed by atoms with Gasteiger partial charge in [0.05, 0.1) is 18.4 Å². The van der Waals surface area contributed by atoms with Crippen molar-refractivity contribution in [1.82, 2.24) is 9.88 Å². The number of fused-ring (bicyclic) bond motifs is 5. The summed E-state index contributed by atoms with van der Waals surface area (Å²) in [5.74, 6) is -0.178. The number of carbonyl (C=O) groups is 2. The van der Waals surface area contributed by atoms with Gasteiger partial charge in [-0.25, -0.2) is 0 Å². The molecule has 2 heterocycles. The summed E-state index contributed by atoms with van der Waals surface area (Å²) in [6.07, 6.45) is 7.64. The summed E-state index contributed by atoms with van der Waals surface area (Å²) < 4.78 is 0. The Kier molecular flexibility index (Phi) is 2.83. The first-order valence-electron chi connectivity index (χ1n) is 7.69. The largest absolute Gasteiger partial charge is 0.277 e. The van der Waals surface area contributed by atoms with Crippen molar-refractivity contribution in [1.29, 1.82) is 0 Å². The topological polar surface area (TPSA) is 50.3 Å². The fourth-order valence-corrected chi connectivity index (χ4v) is 4.32. The van der Waals surface area contributed by atoms with Crippen molar-refractivity contribution in [2.75, 3.05) is 0 Å². The lowest BCUT2D eigenvalue weighted by molar-refractivity contribution is -0.141. The minimum absolute atomic E-state index is 0.0190. The van der Waals surface area contributed by atoms with Gasteiger partial charge in [0.1, 0.15) is 0 Å². The summed E-state index contributed by atoms with van der Waals surface area (Å²) in [4.78, 5) is 31.1. The summed E-state index contributed by atoms with van der Waals surface area (Å²) in [5.41, 5.74) is 3.43. The van der Waals surface area contributed by atoms with Crippen LogP contribution in [0.2, 0.25) is 0 Å². The number of rotatable bonds is 2. The van der Waals surface area contributed by atoms with Crippen LogP contribution < -0.4 is 0 Å². The van der Waals surface area contributed by atoms with E-state index in [1.54, 1.807) is 12.4 Å². The molecule has 1 aliphatic heterocycles. The Balaban J connectivity index is 1.66. The van der Waals surface area contributed by atoms with E-state index in [9.17, 15) is 9.59 Å². The molecular weight excluding hydrogens is 276 g/mol. The van der Waals surface area contributed by atoms with Crippen LogP contribution in [-0.4, -0.2) is 21.7 Å². The van der Waals surface area contributed by atoms with Gasteiger partial charge in [-0.15, -0.1) is 0 Å². The Morgan fingerprint density at radius 2 is 1.77 bits per heavy atom. The third kappa shape index (κ3) is 1.67. The van der Waals surface area contributed by atoms with E-state index in [1.165, 1.54) is 16.0 Å². The first-order valence-corrected chi connectivity index (χ1v) is 7.69. The average Bonchev–Trinajstić information content (AvgIpc) is 3.14. The van der Waals surface area contributed by atoms with Crippen molar-refractivity contribution < 1.29 is 9.59 Å². The zero-order valence-corrected chi connectivity index (χ0v) is 12.7. The van der Waals surface area contributed by atoms with Crippen LogP contribution in [0.3, 0.4) is 0 Å². The summed E-state index contributed by atoms with van der Waals surface area (Å²) >= 11 is 0. The molecule has 1 saturated carbocycles. The van der Waals surface area contributed by atoms with Crippen molar-refractivity contribution >= 4 is 11.8 Å². The van der Waals surface area contributed by atoms with Gasteiger partial charge in [0.2, 0.25) is 11.8 Å². The molecule has 112 valence electrons. The van der Waals surface area contributed by atoms with Gasteiger partial charge in [-0.2, -0.15) is 0 Å². The van der Waals surface area contributed by atoms with Crippen LogP contribution >= 0.6 is 0 Å². The van der Waals surface area contributed by atoms with E-state index in [2.05, 4.69) is 31.0 Å². The number of aromatic nitrogens is 1. The van der Waals surface area contributed by atoms with E-state index < -0.39 is 0 Å². The molecule has 22 heavy (non-hydrogen) atoms. The predicted octanol–water partition coefficient (Wildman–Crippen LogP) is 2.33. The highest BCUT2D eigenvalue weighted by molar-refractivity contribution is 6.07. The molecule has 1 aromatic rings. The normalized spacial score (nSPS) is 32.1. The quantitative estimate of drug-likeness (QED) is 0.621. The van der Waals surface area contributed by atoms with Gasteiger partial charge in [0.25, 0.3) is 0 Å². The molecule has 0 spiro atoms. The van der Waals surface area contributed by atoms with Crippen LogP contribution in [0.15, 0.2) is 47.8 Å². The second kappa shape index (κ2) is 4.63. The van der Waals surface area contributed by atoms with E-state index in [0.717, 1.165) is 5.56 Å². The van der Waals surface area contributed by atoms with Crippen LogP contribution in [0, 0.1) is 23.7 Å². The molecule has 1 aromatic heterocycles. The molecular formula is C18H18N2O2. The van der Waals surface area contributed by atoms with E-state index in [0.29, 0.717) is 6.54 Å². The molecule has 4 nitrogen and oxygen atoms in total. The highest BCUT2D eigenvalue weighted by atomic mass is 16.2. The number of imide groups is 1. The van der Waals surface area contributed by atoms with E-state index >= 15 is 0 Å². The number of likely N-dealkylation sites (tertiary alicyclic amines) is 1. The third-order valence-corrected chi connectivity index (χ3v) is 5.15. The van der Waals surface area contributed by atoms with Crippen molar-refractivity contribution in [2.24, 2.45) is 23.7 Å². The lowest BCUT2D eigenvalue weighted by Gasteiger charge is -2.19. The Labute approximate surface area is 129 Å². The number of allylic oxidation sites excluding steroid dienone is 4. The molecule has 2 bridgehead atoms. The van der Waals surface area contributed by atoms with Crippen LogP contribution in [0.4, 0.5) is 0 Å². The van der Waals surface area contributed by atoms with Crippen molar-refractivity contribution in [2.45, 2.75) is 20.4 Å². The fraction of sp³-hybridized carbons (Fsp3) is 0.389. The zero-order valence-electron chi connectivity index (χ0n) is 12.7. The second-order valence-electron chi connectivity index (χ2n) is 6.57. The minimum atomic E-state index is -0.191. The van der Waals surface area contributed by atoms with Crippen LogP contribution in [-0.2, 0) is 16.1 Å². The third-order valence-electron chi connectivity index (χ3n) is 5.15. The maximum Gasteiger partial charge on any atom is 0.234 e. The maximum absolute atomic E-state index is 12.8. The van der Waals surface area contributed by atoms with Crippen LogP contribution in [0.25, 0.3) is 0 Å². The number of hydrogen-bond acceptors (Lipinski definition) is 3. The predicted molar refractivity (Wildman–Crippen MR) is 81.3 cm³/mol. The first-order chi connectivity index (χ1) is 10.6. The van der Waals surface area contributed by atoms with Gasteiger partial charge >= 0.3 is 0 Å².